The summed E-state index contributed by atoms with van der Waals surface area (Å²) < 4.78 is 8.38. The first kappa shape index (κ1) is 23.2. The van der Waals surface area contributed by atoms with E-state index < -0.39 is 0 Å². The minimum atomic E-state index is -0.229. The van der Waals surface area contributed by atoms with Crippen LogP contribution in [0.25, 0.3) is 11.1 Å². The number of benzene rings is 4. The molecule has 1 aliphatic rings. The highest BCUT2D eigenvalue weighted by molar-refractivity contribution is 9.10. The number of halogens is 2. The smallest absolute Gasteiger partial charge is 0.124 e. The molecule has 5 rings (SSSR count). The molecule has 0 saturated carbocycles. The van der Waals surface area contributed by atoms with Crippen LogP contribution >= 0.6 is 31.9 Å². The first-order valence-corrected chi connectivity index (χ1v) is 13.0. The van der Waals surface area contributed by atoms with Crippen molar-refractivity contribution in [1.29, 1.82) is 0 Å². The Bertz CT molecular complexity index is 1280. The van der Waals surface area contributed by atoms with E-state index in [0.717, 1.165) is 31.8 Å². The van der Waals surface area contributed by atoms with E-state index >= 15 is 0 Å². The van der Waals surface area contributed by atoms with Gasteiger partial charge in [0.25, 0.3) is 0 Å². The van der Waals surface area contributed by atoms with Gasteiger partial charge in [0.15, 0.2) is 0 Å². The molecule has 4 aromatic rings. The maximum absolute atomic E-state index is 6.25. The second-order valence-electron chi connectivity index (χ2n) is 9.78. The highest BCUT2D eigenvalue weighted by Gasteiger charge is 2.47. The lowest BCUT2D eigenvalue weighted by atomic mass is 9.73. The third kappa shape index (κ3) is 4.08. The number of nitrogens with zero attached hydrogens (tertiary/aromatic N) is 1. The van der Waals surface area contributed by atoms with Gasteiger partial charge >= 0.3 is 0 Å². The summed E-state index contributed by atoms with van der Waals surface area (Å²) in [6.45, 7) is 8.86. The molecule has 4 heteroatoms. The van der Waals surface area contributed by atoms with Crippen molar-refractivity contribution in [3.05, 3.63) is 106 Å². The van der Waals surface area contributed by atoms with Gasteiger partial charge in [0.2, 0.25) is 0 Å². The zero-order valence-electron chi connectivity index (χ0n) is 19.8. The topological polar surface area (TPSA) is 12.5 Å². The van der Waals surface area contributed by atoms with Gasteiger partial charge in [-0.25, -0.2) is 0 Å². The summed E-state index contributed by atoms with van der Waals surface area (Å²) >= 11 is 7.11. The van der Waals surface area contributed by atoms with E-state index in [0.29, 0.717) is 0 Å². The Morgan fingerprint density at radius 3 is 1.53 bits per heavy atom. The van der Waals surface area contributed by atoms with Crippen molar-refractivity contribution in [1.82, 2.24) is 0 Å². The summed E-state index contributed by atoms with van der Waals surface area (Å²) in [6.07, 6.45) is 0. The SMILES string of the molecule is CC1(C)Oc2ccc(-c3ccc(N(c4ccc(Br)cc4)c4ccc(Br)cc4)cc3)cc2C1(C)C. The molecule has 172 valence electrons. The Balaban J connectivity index is 1.52. The fourth-order valence-electron chi connectivity index (χ4n) is 4.44. The molecule has 2 nitrogen and oxygen atoms in total. The maximum atomic E-state index is 6.25. The molecule has 0 bridgehead atoms. The number of anilines is 3. The summed E-state index contributed by atoms with van der Waals surface area (Å²) in [4.78, 5) is 2.27. The zero-order valence-corrected chi connectivity index (χ0v) is 22.9. The van der Waals surface area contributed by atoms with E-state index in [-0.39, 0.29) is 11.0 Å². The van der Waals surface area contributed by atoms with E-state index in [9.17, 15) is 0 Å². The van der Waals surface area contributed by atoms with Crippen molar-refractivity contribution < 1.29 is 4.74 Å². The van der Waals surface area contributed by atoms with Crippen LogP contribution in [-0.4, -0.2) is 5.60 Å². The van der Waals surface area contributed by atoms with Crippen LogP contribution in [0.2, 0.25) is 0 Å². The highest BCUT2D eigenvalue weighted by Crippen LogP contribution is 2.50. The van der Waals surface area contributed by atoms with Gasteiger partial charge in [-0.05, 0) is 97.8 Å². The molecule has 0 aliphatic carbocycles. The lowest BCUT2D eigenvalue weighted by Gasteiger charge is -2.33. The van der Waals surface area contributed by atoms with E-state index in [2.05, 4.69) is 155 Å². The first-order chi connectivity index (χ1) is 16.2. The summed E-state index contributed by atoms with van der Waals surface area (Å²) in [5, 5.41) is 0. The van der Waals surface area contributed by atoms with Gasteiger partial charge in [-0.15, -0.1) is 0 Å². The van der Waals surface area contributed by atoms with Crippen LogP contribution in [-0.2, 0) is 5.41 Å². The van der Waals surface area contributed by atoms with Crippen LogP contribution in [0.15, 0.2) is 99.9 Å². The van der Waals surface area contributed by atoms with Crippen LogP contribution in [0.1, 0.15) is 33.3 Å². The van der Waals surface area contributed by atoms with E-state index in [4.69, 9.17) is 4.74 Å². The van der Waals surface area contributed by atoms with Gasteiger partial charge in [0.1, 0.15) is 11.4 Å². The highest BCUT2D eigenvalue weighted by atomic mass is 79.9. The molecule has 1 aliphatic heterocycles. The first-order valence-electron chi connectivity index (χ1n) is 11.4. The largest absolute Gasteiger partial charge is 0.487 e. The molecule has 0 atom stereocenters. The Labute approximate surface area is 218 Å². The third-order valence-corrected chi connectivity index (χ3v) is 8.21. The average Bonchev–Trinajstić information content (AvgIpc) is 3.00. The second kappa shape index (κ2) is 8.58. The lowest BCUT2D eigenvalue weighted by molar-refractivity contribution is 0.0712. The van der Waals surface area contributed by atoms with Crippen LogP contribution in [0, 0.1) is 0 Å². The molecular weight excluding hydrogens is 550 g/mol. The van der Waals surface area contributed by atoms with Gasteiger partial charge in [-0.3, -0.25) is 0 Å². The molecule has 0 fully saturated rings. The number of hydrogen-bond acceptors (Lipinski definition) is 2. The molecule has 0 spiro atoms. The van der Waals surface area contributed by atoms with Crippen LogP contribution < -0.4 is 9.64 Å². The molecule has 0 amide bonds. The Kier molecular flexibility index (Phi) is 5.86. The van der Waals surface area contributed by atoms with Crippen molar-refractivity contribution in [3.8, 4) is 16.9 Å². The van der Waals surface area contributed by atoms with Crippen LogP contribution in [0.4, 0.5) is 17.1 Å². The van der Waals surface area contributed by atoms with Gasteiger partial charge in [0.05, 0.1) is 0 Å². The number of ether oxygens (including phenoxy) is 1. The molecule has 0 saturated heterocycles. The van der Waals surface area contributed by atoms with Gasteiger partial charge in [-0.1, -0.05) is 63.9 Å². The lowest BCUT2D eigenvalue weighted by Crippen LogP contribution is -2.41. The number of rotatable bonds is 4. The van der Waals surface area contributed by atoms with Crippen molar-refractivity contribution in [2.45, 2.75) is 38.7 Å². The van der Waals surface area contributed by atoms with Crippen molar-refractivity contribution in [2.24, 2.45) is 0 Å². The zero-order chi connectivity index (χ0) is 24.1. The standard InChI is InChI=1S/C30H27Br2NO/c1-29(2)27-19-21(7-18-28(27)34-30(29,3)4)20-5-12-24(13-6-20)33(25-14-8-22(31)9-15-25)26-16-10-23(32)11-17-26/h5-19H,1-4H3. The average molecular weight is 577 g/mol. The Morgan fingerprint density at radius 2 is 1.03 bits per heavy atom. The fraction of sp³-hybridized carbons (Fsp3) is 0.200. The fourth-order valence-corrected chi connectivity index (χ4v) is 4.97. The van der Waals surface area contributed by atoms with Gasteiger partial charge in [-0.2, -0.15) is 0 Å². The Hall–Kier alpha value is -2.56. The van der Waals surface area contributed by atoms with E-state index in [1.54, 1.807) is 0 Å². The van der Waals surface area contributed by atoms with E-state index in [1.807, 2.05) is 0 Å². The van der Waals surface area contributed by atoms with Crippen molar-refractivity contribution in [2.75, 3.05) is 4.90 Å². The monoisotopic (exact) mass is 575 g/mol. The molecule has 34 heavy (non-hydrogen) atoms. The minimum absolute atomic E-state index is 0.0573. The predicted octanol–water partition coefficient (Wildman–Crippen LogP) is 9.80. The molecule has 4 aromatic carbocycles. The van der Waals surface area contributed by atoms with Crippen molar-refractivity contribution >= 4 is 48.9 Å². The third-order valence-electron chi connectivity index (χ3n) is 7.15. The van der Waals surface area contributed by atoms with Crippen LogP contribution in [0.5, 0.6) is 5.75 Å². The summed E-state index contributed by atoms with van der Waals surface area (Å²) in [5.41, 5.74) is 6.71. The Morgan fingerprint density at radius 1 is 0.588 bits per heavy atom. The van der Waals surface area contributed by atoms with Gasteiger partial charge in [0, 0.05) is 37.0 Å². The minimum Gasteiger partial charge on any atom is -0.487 e. The normalized spacial score (nSPS) is 15.5. The second-order valence-corrected chi connectivity index (χ2v) is 11.6. The van der Waals surface area contributed by atoms with Gasteiger partial charge < -0.3 is 9.64 Å². The summed E-state index contributed by atoms with van der Waals surface area (Å²) in [7, 11) is 0. The van der Waals surface area contributed by atoms with Crippen molar-refractivity contribution in [3.63, 3.8) is 0 Å². The van der Waals surface area contributed by atoms with Crippen LogP contribution in [0.3, 0.4) is 0 Å². The molecule has 0 N–H and O–H groups in total. The number of fused-ring (bicyclic) bond motifs is 1. The molecule has 0 aromatic heterocycles. The number of hydrogen-bond donors (Lipinski definition) is 0. The molecular formula is C30H27Br2NO. The molecule has 0 radical (unpaired) electrons. The predicted molar refractivity (Wildman–Crippen MR) is 150 cm³/mol. The summed E-state index contributed by atoms with van der Waals surface area (Å²) in [5.74, 6) is 0.993. The van der Waals surface area contributed by atoms with E-state index in [1.165, 1.54) is 16.7 Å². The maximum Gasteiger partial charge on any atom is 0.124 e. The molecule has 1 heterocycles. The molecule has 0 unspecified atom stereocenters. The summed E-state index contributed by atoms with van der Waals surface area (Å²) in [6, 6.07) is 32.2. The quantitative estimate of drug-likeness (QED) is 0.240.